The molecule has 0 spiro atoms. The first-order valence-corrected chi connectivity index (χ1v) is 4.96. The third-order valence-corrected chi connectivity index (χ3v) is 2.77. The van der Waals surface area contributed by atoms with Gasteiger partial charge in [0.15, 0.2) is 0 Å². The molecule has 25 heavy (non-hydrogen) atoms. The second-order valence-corrected chi connectivity index (χ2v) is 4.23. The van der Waals surface area contributed by atoms with Crippen LogP contribution in [0.25, 0.3) is 0 Å². The van der Waals surface area contributed by atoms with Crippen molar-refractivity contribution in [3.8, 4) is 0 Å². The van der Waals surface area contributed by atoms with Crippen LogP contribution in [0.15, 0.2) is 0 Å². The minimum atomic E-state index is -8.83. The molecule has 0 unspecified atom stereocenters. The predicted octanol–water partition coefficient (Wildman–Crippen LogP) is 5.99. The van der Waals surface area contributed by atoms with E-state index in [1.54, 1.807) is 0 Å². The smallest absolute Gasteiger partial charge is 0.198 e. The SMILES string of the molecule is F[C](F)C(F)(F)C(F)(F)C(F)(F)C(C(F)(F)F)(C(F)(F)F)C(F)(F)F. The van der Waals surface area contributed by atoms with Gasteiger partial charge < -0.3 is 0 Å². The minimum Gasteiger partial charge on any atom is -0.198 e. The van der Waals surface area contributed by atoms with Gasteiger partial charge in [-0.05, 0) is 0 Å². The third-order valence-electron chi connectivity index (χ3n) is 2.77. The summed E-state index contributed by atoms with van der Waals surface area (Å²) in [5.41, 5.74) is -8.78. The van der Waals surface area contributed by atoms with Gasteiger partial charge in [-0.15, -0.1) is 0 Å². The van der Waals surface area contributed by atoms with Gasteiger partial charge in [-0.1, -0.05) is 0 Å². The Hall–Kier alpha value is -1.19. The monoisotopic (exact) mass is 419 g/mol. The van der Waals surface area contributed by atoms with Gasteiger partial charge in [0.2, 0.25) is 0 Å². The van der Waals surface area contributed by atoms with Crippen molar-refractivity contribution in [3.63, 3.8) is 0 Å². The topological polar surface area (TPSA) is 0 Å². The number of hydrogen-bond donors (Lipinski definition) is 0. The van der Waals surface area contributed by atoms with E-state index in [2.05, 4.69) is 0 Å². The molecule has 0 nitrogen and oxygen atoms in total. The molecule has 0 saturated heterocycles. The second-order valence-electron chi connectivity index (χ2n) is 4.23. The molecule has 0 bridgehead atoms. The molecule has 0 aromatic rings. The highest BCUT2D eigenvalue weighted by Gasteiger charge is 3.00. The highest BCUT2D eigenvalue weighted by Crippen LogP contribution is 2.71. The van der Waals surface area contributed by atoms with Gasteiger partial charge in [0.05, 0.1) is 0 Å². The fraction of sp³-hybridized carbons (Fsp3) is 0.875. The molecule has 0 aliphatic carbocycles. The van der Waals surface area contributed by atoms with E-state index in [4.69, 9.17) is 0 Å². The molecule has 0 aliphatic rings. The van der Waals surface area contributed by atoms with E-state index >= 15 is 0 Å². The van der Waals surface area contributed by atoms with E-state index in [1.807, 2.05) is 0 Å². The van der Waals surface area contributed by atoms with Gasteiger partial charge in [0.1, 0.15) is 0 Å². The summed E-state index contributed by atoms with van der Waals surface area (Å²) >= 11 is 0. The average molecular weight is 419 g/mol. The van der Waals surface area contributed by atoms with Crippen LogP contribution >= 0.6 is 0 Å². The van der Waals surface area contributed by atoms with Crippen LogP contribution in [0, 0.1) is 11.8 Å². The Morgan fingerprint density at radius 2 is 0.640 bits per heavy atom. The first-order valence-electron chi connectivity index (χ1n) is 4.96. The Bertz CT molecular complexity index is 436. The molecule has 0 rings (SSSR count). The summed E-state index contributed by atoms with van der Waals surface area (Å²) in [6.45, 7) is 0. The summed E-state index contributed by atoms with van der Waals surface area (Å²) in [5, 5.41) is 0. The van der Waals surface area contributed by atoms with E-state index < -0.39 is 48.1 Å². The van der Waals surface area contributed by atoms with Crippen LogP contribution in [0.1, 0.15) is 0 Å². The lowest BCUT2D eigenvalue weighted by Gasteiger charge is -2.46. The summed E-state index contributed by atoms with van der Waals surface area (Å²) in [6, 6.07) is 0. The fourth-order valence-electron chi connectivity index (χ4n) is 1.57. The lowest BCUT2D eigenvalue weighted by Crippen LogP contribution is -2.76. The van der Waals surface area contributed by atoms with Crippen molar-refractivity contribution >= 4 is 0 Å². The maximum Gasteiger partial charge on any atom is 0.418 e. The highest BCUT2D eigenvalue weighted by molar-refractivity contribution is 5.17. The Kier molecular flexibility index (Phi) is 5.38. The molecule has 151 valence electrons. The van der Waals surface area contributed by atoms with Crippen molar-refractivity contribution in [1.29, 1.82) is 0 Å². The summed E-state index contributed by atoms with van der Waals surface area (Å²) in [7, 11) is 0. The number of halogens is 17. The van der Waals surface area contributed by atoms with Gasteiger partial charge in [-0.25, -0.2) is 0 Å². The Morgan fingerprint density at radius 1 is 0.400 bits per heavy atom. The third kappa shape index (κ3) is 2.86. The maximum atomic E-state index is 13.1. The molecule has 1 radical (unpaired) electrons. The highest BCUT2D eigenvalue weighted by atomic mass is 19.4. The van der Waals surface area contributed by atoms with Gasteiger partial charge in [-0.3, -0.25) is 0 Å². The van der Waals surface area contributed by atoms with Crippen LogP contribution in [0.4, 0.5) is 74.6 Å². The lowest BCUT2D eigenvalue weighted by molar-refractivity contribution is -0.507. The molecule has 0 heterocycles. The molecule has 0 amide bonds. The number of rotatable bonds is 4. The average Bonchev–Trinajstić information content (AvgIpc) is 2.20. The number of alkyl halides is 15. The second kappa shape index (κ2) is 5.65. The molecular formula is C8F17. The summed E-state index contributed by atoms with van der Waals surface area (Å²) in [6.07, 6.45) is -30.3. The van der Waals surface area contributed by atoms with Gasteiger partial charge in [0, 0.05) is 0 Å². The molecule has 0 aromatic heterocycles. The maximum absolute atomic E-state index is 13.1. The van der Waals surface area contributed by atoms with Crippen LogP contribution in [0.3, 0.4) is 0 Å². The molecule has 0 aliphatic heterocycles. The van der Waals surface area contributed by atoms with Crippen LogP contribution in [0.2, 0.25) is 0 Å². The van der Waals surface area contributed by atoms with Crippen molar-refractivity contribution in [2.75, 3.05) is 0 Å². The first kappa shape index (κ1) is 23.8. The van der Waals surface area contributed by atoms with Crippen molar-refractivity contribution in [3.05, 3.63) is 6.43 Å². The van der Waals surface area contributed by atoms with Crippen LogP contribution < -0.4 is 0 Å². The van der Waals surface area contributed by atoms with Crippen LogP contribution in [-0.4, -0.2) is 36.3 Å². The molecule has 0 fully saturated rings. The zero-order valence-electron chi connectivity index (χ0n) is 10.4. The van der Waals surface area contributed by atoms with Crippen LogP contribution in [-0.2, 0) is 0 Å². The lowest BCUT2D eigenvalue weighted by atomic mass is 9.74. The van der Waals surface area contributed by atoms with Gasteiger partial charge >= 0.3 is 48.1 Å². The van der Waals surface area contributed by atoms with E-state index in [0.29, 0.717) is 0 Å². The summed E-state index contributed by atoms with van der Waals surface area (Å²) in [5.74, 6) is -25.0. The fourth-order valence-corrected chi connectivity index (χ4v) is 1.57. The Labute approximate surface area is 124 Å². The Balaban J connectivity index is 7.21. The zero-order valence-corrected chi connectivity index (χ0v) is 10.4. The minimum absolute atomic E-state index is 5.14. The quantitative estimate of drug-likeness (QED) is 0.491. The standard InChI is InChI=1S/C8F17/c9-1(10)2(11,12)4(13,14)5(15,16)3(6(17,18)19,7(20,21)22)8(23,24)25. The van der Waals surface area contributed by atoms with Gasteiger partial charge in [0.25, 0.3) is 0 Å². The van der Waals surface area contributed by atoms with Crippen molar-refractivity contribution < 1.29 is 74.6 Å². The Morgan fingerprint density at radius 3 is 0.800 bits per heavy atom. The predicted molar refractivity (Wildman–Crippen MR) is 40.9 cm³/mol. The first-order chi connectivity index (χ1) is 10.4. The van der Waals surface area contributed by atoms with E-state index in [1.165, 1.54) is 0 Å². The molecular weight excluding hydrogens is 419 g/mol. The molecule has 0 aromatic carbocycles. The van der Waals surface area contributed by atoms with E-state index in [-0.39, 0.29) is 0 Å². The normalized spacial score (nSPS) is 16.6. The van der Waals surface area contributed by atoms with Crippen molar-refractivity contribution in [2.45, 2.75) is 36.3 Å². The van der Waals surface area contributed by atoms with E-state index in [9.17, 15) is 74.6 Å². The van der Waals surface area contributed by atoms with Gasteiger partial charge in [-0.2, -0.15) is 74.6 Å². The molecule has 0 atom stereocenters. The van der Waals surface area contributed by atoms with Crippen molar-refractivity contribution in [1.82, 2.24) is 0 Å². The largest absolute Gasteiger partial charge is 0.418 e. The summed E-state index contributed by atoms with van der Waals surface area (Å²) < 4.78 is 211. The van der Waals surface area contributed by atoms with E-state index in [0.717, 1.165) is 0 Å². The molecule has 17 heteroatoms. The number of hydrogen-bond acceptors (Lipinski definition) is 0. The molecule has 0 saturated carbocycles. The van der Waals surface area contributed by atoms with Crippen molar-refractivity contribution in [2.24, 2.45) is 5.41 Å². The zero-order chi connectivity index (χ0) is 21.1. The summed E-state index contributed by atoms with van der Waals surface area (Å²) in [4.78, 5) is 0. The van der Waals surface area contributed by atoms with Crippen LogP contribution in [0.5, 0.6) is 0 Å². The molecule has 0 N–H and O–H groups in total.